The van der Waals surface area contributed by atoms with Crippen LogP contribution in [0.3, 0.4) is 0 Å². The molecule has 192 valence electrons. The topological polar surface area (TPSA) is 113 Å². The van der Waals surface area contributed by atoms with E-state index in [1.54, 1.807) is 11.2 Å². The Labute approximate surface area is 212 Å². The van der Waals surface area contributed by atoms with Crippen molar-refractivity contribution >= 4 is 34.5 Å². The highest BCUT2D eigenvalue weighted by molar-refractivity contribution is 7.15. The second kappa shape index (κ2) is 11.6. The number of hydrazine groups is 1. The molecule has 5 N–H and O–H groups in total. The highest BCUT2D eigenvalue weighted by Crippen LogP contribution is 2.42. The molecule has 2 saturated carbocycles. The van der Waals surface area contributed by atoms with Crippen molar-refractivity contribution < 1.29 is 14.7 Å². The van der Waals surface area contributed by atoms with Crippen molar-refractivity contribution in [2.45, 2.75) is 96.1 Å². The summed E-state index contributed by atoms with van der Waals surface area (Å²) in [4.78, 5) is 29.6. The van der Waals surface area contributed by atoms with Gasteiger partial charge in [0, 0.05) is 35.3 Å². The summed E-state index contributed by atoms with van der Waals surface area (Å²) in [5.74, 6) is 5.91. The van der Waals surface area contributed by atoms with Crippen LogP contribution < -0.4 is 16.5 Å². The molecule has 0 spiro atoms. The average Bonchev–Trinajstić information content (AvgIpc) is 3.31. The first kappa shape index (κ1) is 25.8. The third kappa shape index (κ3) is 5.92. The maximum absolute atomic E-state index is 14.0. The summed E-state index contributed by atoms with van der Waals surface area (Å²) in [5, 5.41) is 11.8. The van der Waals surface area contributed by atoms with E-state index in [1.807, 2.05) is 11.0 Å². The van der Waals surface area contributed by atoms with Gasteiger partial charge in [0.15, 0.2) is 0 Å². The average molecular weight is 501 g/mol. The highest BCUT2D eigenvalue weighted by atomic mass is 32.1. The van der Waals surface area contributed by atoms with Crippen molar-refractivity contribution in [2.24, 2.45) is 23.4 Å². The number of thiophene rings is 1. The Morgan fingerprint density at radius 1 is 1.06 bits per heavy atom. The van der Waals surface area contributed by atoms with Crippen molar-refractivity contribution in [3.8, 4) is 0 Å². The summed E-state index contributed by atoms with van der Waals surface area (Å²) in [5.41, 5.74) is 7.34. The molecule has 7 nitrogen and oxygen atoms in total. The summed E-state index contributed by atoms with van der Waals surface area (Å²) >= 11 is 1.33. The first-order valence-electron chi connectivity index (χ1n) is 13.2. The molecule has 3 aliphatic rings. The second-order valence-electron chi connectivity index (χ2n) is 10.5. The lowest BCUT2D eigenvalue weighted by Gasteiger charge is -2.41. The van der Waals surface area contributed by atoms with Gasteiger partial charge in [-0.05, 0) is 94.6 Å². The minimum Gasteiger partial charge on any atom is -0.477 e. The molecule has 0 saturated heterocycles. The van der Waals surface area contributed by atoms with Gasteiger partial charge in [-0.25, -0.2) is 10.6 Å². The molecule has 2 fully saturated rings. The standard InChI is InChI=1S/C27H40N4O3S/c1-18-7-9-20(10-8-18)26(32)31(22-13-11-21(12-14-22)30(29)16-15-28)23-17-24(35-25(23)27(33)34)19-5-3-2-4-6-19/h5,15-18,20-22H,2-4,6-14,28-29H2,1H3,(H,33,34)/b16-15-. The van der Waals surface area contributed by atoms with Crippen LogP contribution in [0.15, 0.2) is 24.5 Å². The second-order valence-corrected chi connectivity index (χ2v) is 11.6. The number of aromatic carboxylic acids is 1. The van der Waals surface area contributed by atoms with Gasteiger partial charge in [0.2, 0.25) is 5.91 Å². The van der Waals surface area contributed by atoms with E-state index in [0.717, 1.165) is 75.5 Å². The number of carboxylic acid groups (broad SMARTS) is 1. The molecule has 1 aromatic heterocycles. The molecule has 3 aliphatic carbocycles. The lowest BCUT2D eigenvalue weighted by atomic mass is 9.81. The first-order valence-corrected chi connectivity index (χ1v) is 14.0. The number of nitrogens with two attached hydrogens (primary N) is 2. The van der Waals surface area contributed by atoms with Crippen LogP contribution in [0.2, 0.25) is 0 Å². The SMILES string of the molecule is CC1CCC(C(=O)N(c2cc(C3=CCCCC3)sc2C(=O)O)C2CCC(N(N)/C=C\N)CC2)CC1. The number of carboxylic acids is 1. The number of carbonyl (C=O) groups excluding carboxylic acids is 1. The van der Waals surface area contributed by atoms with Crippen LogP contribution in [0.1, 0.15) is 98.5 Å². The fourth-order valence-electron chi connectivity index (χ4n) is 5.97. The van der Waals surface area contributed by atoms with Crippen LogP contribution in [0.5, 0.6) is 0 Å². The van der Waals surface area contributed by atoms with E-state index in [4.69, 9.17) is 11.6 Å². The van der Waals surface area contributed by atoms with Gasteiger partial charge in [0.05, 0.1) is 5.69 Å². The Balaban J connectivity index is 1.65. The minimum absolute atomic E-state index is 0.0192. The van der Waals surface area contributed by atoms with Crippen molar-refractivity contribution in [1.82, 2.24) is 5.01 Å². The summed E-state index contributed by atoms with van der Waals surface area (Å²) in [6.45, 7) is 2.25. The predicted octanol–water partition coefficient (Wildman–Crippen LogP) is 5.48. The van der Waals surface area contributed by atoms with Gasteiger partial charge in [0.1, 0.15) is 4.88 Å². The van der Waals surface area contributed by atoms with Gasteiger partial charge >= 0.3 is 5.97 Å². The largest absolute Gasteiger partial charge is 0.477 e. The Morgan fingerprint density at radius 2 is 1.74 bits per heavy atom. The molecule has 1 amide bonds. The number of rotatable bonds is 7. The van der Waals surface area contributed by atoms with Crippen molar-refractivity contribution in [3.05, 3.63) is 34.3 Å². The van der Waals surface area contributed by atoms with Gasteiger partial charge in [-0.15, -0.1) is 11.3 Å². The van der Waals surface area contributed by atoms with E-state index in [2.05, 4.69) is 13.0 Å². The molecule has 1 aromatic rings. The van der Waals surface area contributed by atoms with Gasteiger partial charge in [-0.3, -0.25) is 4.79 Å². The number of carbonyl (C=O) groups is 2. The van der Waals surface area contributed by atoms with E-state index in [9.17, 15) is 14.7 Å². The van der Waals surface area contributed by atoms with E-state index in [1.165, 1.54) is 29.5 Å². The van der Waals surface area contributed by atoms with Crippen molar-refractivity contribution in [3.63, 3.8) is 0 Å². The maximum atomic E-state index is 14.0. The number of anilines is 1. The Bertz CT molecular complexity index is 956. The smallest absolute Gasteiger partial charge is 0.348 e. The van der Waals surface area contributed by atoms with Gasteiger partial charge < -0.3 is 20.7 Å². The van der Waals surface area contributed by atoms with Gasteiger partial charge in [0.25, 0.3) is 0 Å². The van der Waals surface area contributed by atoms with Crippen LogP contribution in [0.4, 0.5) is 5.69 Å². The molecule has 35 heavy (non-hydrogen) atoms. The summed E-state index contributed by atoms with van der Waals surface area (Å²) in [7, 11) is 0. The third-order valence-electron chi connectivity index (χ3n) is 8.09. The molecule has 0 unspecified atom stereocenters. The Morgan fingerprint density at radius 3 is 2.34 bits per heavy atom. The lowest BCUT2D eigenvalue weighted by molar-refractivity contribution is -0.124. The number of allylic oxidation sites excluding steroid dienone is 2. The fourth-order valence-corrected chi connectivity index (χ4v) is 7.02. The predicted molar refractivity (Wildman–Crippen MR) is 142 cm³/mol. The molecule has 0 aromatic carbocycles. The van der Waals surface area contributed by atoms with E-state index in [-0.39, 0.29) is 28.8 Å². The molecular formula is C27H40N4O3S. The molecule has 0 radical (unpaired) electrons. The Kier molecular flexibility index (Phi) is 8.55. The van der Waals surface area contributed by atoms with Crippen LogP contribution in [-0.2, 0) is 4.79 Å². The number of hydrogen-bond donors (Lipinski definition) is 3. The monoisotopic (exact) mass is 500 g/mol. The summed E-state index contributed by atoms with van der Waals surface area (Å²) in [6, 6.07) is 2.14. The van der Waals surface area contributed by atoms with Crippen LogP contribution >= 0.6 is 11.3 Å². The summed E-state index contributed by atoms with van der Waals surface area (Å²) in [6.07, 6.45) is 16.8. The zero-order chi connectivity index (χ0) is 24.9. The molecule has 0 aliphatic heterocycles. The zero-order valence-corrected chi connectivity index (χ0v) is 21.6. The van der Waals surface area contributed by atoms with Gasteiger partial charge in [-0.1, -0.05) is 13.0 Å². The van der Waals surface area contributed by atoms with Gasteiger partial charge in [-0.2, -0.15) is 0 Å². The fraction of sp³-hybridized carbons (Fsp3) is 0.630. The molecule has 0 atom stereocenters. The van der Waals surface area contributed by atoms with Crippen LogP contribution in [0, 0.1) is 11.8 Å². The molecule has 4 rings (SSSR count). The van der Waals surface area contributed by atoms with Crippen LogP contribution in [-0.4, -0.2) is 34.1 Å². The molecule has 0 bridgehead atoms. The zero-order valence-electron chi connectivity index (χ0n) is 20.8. The number of amides is 1. The third-order valence-corrected chi connectivity index (χ3v) is 9.28. The quantitative estimate of drug-likeness (QED) is 0.337. The number of hydrogen-bond acceptors (Lipinski definition) is 6. The summed E-state index contributed by atoms with van der Waals surface area (Å²) < 4.78 is 0. The molecular weight excluding hydrogens is 460 g/mol. The highest BCUT2D eigenvalue weighted by Gasteiger charge is 2.38. The van der Waals surface area contributed by atoms with Crippen molar-refractivity contribution in [1.29, 1.82) is 0 Å². The molecule has 1 heterocycles. The van der Waals surface area contributed by atoms with E-state index < -0.39 is 5.97 Å². The molecule has 8 heteroatoms. The normalized spacial score (nSPS) is 27.4. The van der Waals surface area contributed by atoms with Crippen molar-refractivity contribution in [2.75, 3.05) is 4.90 Å². The maximum Gasteiger partial charge on any atom is 0.348 e. The first-order chi connectivity index (χ1) is 16.9. The van der Waals surface area contributed by atoms with Crippen LogP contribution in [0.25, 0.3) is 5.57 Å². The lowest BCUT2D eigenvalue weighted by Crippen LogP contribution is -2.49. The van der Waals surface area contributed by atoms with E-state index in [0.29, 0.717) is 11.6 Å². The van der Waals surface area contributed by atoms with E-state index >= 15 is 0 Å². The minimum atomic E-state index is -0.947. The number of nitrogens with zero attached hydrogens (tertiary/aromatic N) is 2. The Hall–Kier alpha value is -2.32.